The lowest BCUT2D eigenvalue weighted by Gasteiger charge is -2.31. The second kappa shape index (κ2) is 11.1. The van der Waals surface area contributed by atoms with Crippen LogP contribution in [0.5, 0.6) is 11.5 Å². The van der Waals surface area contributed by atoms with Crippen LogP contribution in [0.3, 0.4) is 0 Å². The Hall–Kier alpha value is -2.52. The molecule has 4 rings (SSSR count). The third-order valence-corrected chi connectivity index (χ3v) is 6.46. The van der Waals surface area contributed by atoms with E-state index in [2.05, 4.69) is 9.80 Å². The average Bonchev–Trinajstić information content (AvgIpc) is 2.89. The Morgan fingerprint density at radius 3 is 1.52 bits per heavy atom. The van der Waals surface area contributed by atoms with Gasteiger partial charge in [-0.15, -0.1) is 0 Å². The van der Waals surface area contributed by atoms with Crippen molar-refractivity contribution in [2.24, 2.45) is 0 Å². The number of nitrogens with zero attached hydrogens (tertiary/aromatic N) is 2. The molecule has 2 aromatic rings. The molecule has 0 saturated carbocycles. The van der Waals surface area contributed by atoms with Crippen LogP contribution in [0.4, 0.5) is 11.4 Å². The second-order valence-corrected chi connectivity index (χ2v) is 8.26. The molecule has 0 amide bonds. The molecule has 0 bridgehead atoms. The first-order valence-electron chi connectivity index (χ1n) is 11.4. The molecular weight excluding hydrogens is 424 g/mol. The maximum absolute atomic E-state index is 10.2. The molecular formula is C25H34N2O6. The van der Waals surface area contributed by atoms with Crippen molar-refractivity contribution in [3.8, 4) is 11.5 Å². The van der Waals surface area contributed by atoms with E-state index in [0.29, 0.717) is 32.8 Å². The van der Waals surface area contributed by atoms with Crippen molar-refractivity contribution in [3.05, 3.63) is 46.5 Å². The smallest absolute Gasteiger partial charge is 0.128 e. The lowest BCUT2D eigenvalue weighted by Crippen LogP contribution is -2.36. The van der Waals surface area contributed by atoms with Gasteiger partial charge in [0.1, 0.15) is 11.5 Å². The lowest BCUT2D eigenvalue weighted by molar-refractivity contribution is 0.122. The van der Waals surface area contributed by atoms with Crippen molar-refractivity contribution in [1.82, 2.24) is 0 Å². The second-order valence-electron chi connectivity index (χ2n) is 8.26. The Morgan fingerprint density at radius 2 is 1.12 bits per heavy atom. The first-order chi connectivity index (χ1) is 16.2. The largest absolute Gasteiger partial charge is 0.496 e. The van der Waals surface area contributed by atoms with Crippen molar-refractivity contribution in [2.75, 3.05) is 76.6 Å². The molecule has 2 aliphatic heterocycles. The highest BCUT2D eigenvalue weighted by Crippen LogP contribution is 2.38. The summed E-state index contributed by atoms with van der Waals surface area (Å²) in [5.74, 6) is 1.45. The molecule has 0 unspecified atom stereocenters. The number of hydrogen-bond acceptors (Lipinski definition) is 8. The van der Waals surface area contributed by atoms with E-state index in [1.807, 2.05) is 24.3 Å². The van der Waals surface area contributed by atoms with E-state index in [-0.39, 0.29) is 13.2 Å². The topological polar surface area (TPSA) is 83.9 Å². The van der Waals surface area contributed by atoms with Gasteiger partial charge in [0.05, 0.1) is 53.9 Å². The van der Waals surface area contributed by atoms with Crippen LogP contribution in [-0.2, 0) is 29.1 Å². The number of anilines is 2. The molecule has 33 heavy (non-hydrogen) atoms. The third-order valence-electron chi connectivity index (χ3n) is 6.46. The minimum absolute atomic E-state index is 0.114. The van der Waals surface area contributed by atoms with E-state index >= 15 is 0 Å². The first-order valence-corrected chi connectivity index (χ1v) is 11.4. The van der Waals surface area contributed by atoms with Crippen LogP contribution in [0.25, 0.3) is 0 Å². The summed E-state index contributed by atoms with van der Waals surface area (Å²) in [6, 6.07) is 8.09. The zero-order valence-electron chi connectivity index (χ0n) is 19.5. The number of benzene rings is 2. The summed E-state index contributed by atoms with van der Waals surface area (Å²) in [6.07, 6.45) is 0.477. The molecule has 2 heterocycles. The van der Waals surface area contributed by atoms with Crippen LogP contribution in [0.1, 0.15) is 22.3 Å². The number of aliphatic hydroxyl groups excluding tert-OH is 2. The van der Waals surface area contributed by atoms with Crippen LogP contribution in [-0.4, -0.2) is 77.0 Å². The predicted octanol–water partition coefficient (Wildman–Crippen LogP) is 1.95. The average molecular weight is 459 g/mol. The van der Waals surface area contributed by atoms with Crippen molar-refractivity contribution >= 4 is 11.4 Å². The fourth-order valence-electron chi connectivity index (χ4n) is 4.62. The van der Waals surface area contributed by atoms with E-state index in [1.165, 1.54) is 0 Å². The standard InChI is InChI=1S/C25H34N2O6/c1-30-24-13-21(27-5-9-33-10-6-27)14-25(31-2)23(24)15-22-18(16-28)11-20(12-19(22)17-29)26-3-7-32-8-4-26/h11-14,28-29H,3-10,15-17H2,1-2H3. The van der Waals surface area contributed by atoms with Crippen LogP contribution < -0.4 is 19.3 Å². The third kappa shape index (κ3) is 5.19. The van der Waals surface area contributed by atoms with E-state index in [4.69, 9.17) is 18.9 Å². The number of morpholine rings is 2. The Bertz CT molecular complexity index is 813. The highest BCUT2D eigenvalue weighted by Gasteiger charge is 2.22. The molecule has 0 atom stereocenters. The van der Waals surface area contributed by atoms with Gasteiger partial charge in [0.2, 0.25) is 0 Å². The summed E-state index contributed by atoms with van der Waals surface area (Å²) in [6.45, 7) is 5.73. The number of aliphatic hydroxyl groups is 2. The molecule has 2 saturated heterocycles. The fourth-order valence-corrected chi connectivity index (χ4v) is 4.62. The Kier molecular flexibility index (Phi) is 7.93. The van der Waals surface area contributed by atoms with E-state index in [1.54, 1.807) is 14.2 Å². The number of rotatable bonds is 8. The zero-order chi connectivity index (χ0) is 23.2. The minimum Gasteiger partial charge on any atom is -0.496 e. The maximum Gasteiger partial charge on any atom is 0.128 e. The number of hydrogen-bond donors (Lipinski definition) is 2. The molecule has 8 heteroatoms. The summed E-state index contributed by atoms with van der Waals surface area (Å²) in [5.41, 5.74) is 5.40. The van der Waals surface area contributed by atoms with Crippen LogP contribution >= 0.6 is 0 Å². The number of methoxy groups -OCH3 is 2. The van der Waals surface area contributed by atoms with Gasteiger partial charge in [0.25, 0.3) is 0 Å². The zero-order valence-corrected chi connectivity index (χ0v) is 19.5. The van der Waals surface area contributed by atoms with Crippen molar-refractivity contribution in [1.29, 1.82) is 0 Å². The van der Waals surface area contributed by atoms with Gasteiger partial charge >= 0.3 is 0 Å². The van der Waals surface area contributed by atoms with Gasteiger partial charge in [-0.2, -0.15) is 0 Å². The molecule has 0 aliphatic carbocycles. The van der Waals surface area contributed by atoms with Crippen LogP contribution in [0, 0.1) is 0 Å². The summed E-state index contributed by atoms with van der Waals surface area (Å²) in [4.78, 5) is 4.48. The SMILES string of the molecule is COc1cc(N2CCOCC2)cc(OC)c1Cc1c(CO)cc(N2CCOCC2)cc1CO. The molecule has 8 nitrogen and oxygen atoms in total. The molecule has 0 aromatic heterocycles. The molecule has 2 aliphatic rings. The molecule has 0 spiro atoms. The van der Waals surface area contributed by atoms with Gasteiger partial charge in [-0.25, -0.2) is 0 Å². The lowest BCUT2D eigenvalue weighted by atomic mass is 9.93. The van der Waals surface area contributed by atoms with Crippen LogP contribution in [0.15, 0.2) is 24.3 Å². The van der Waals surface area contributed by atoms with Crippen molar-refractivity contribution < 1.29 is 29.2 Å². The van der Waals surface area contributed by atoms with Crippen molar-refractivity contribution in [3.63, 3.8) is 0 Å². The normalized spacial score (nSPS) is 16.7. The van der Waals surface area contributed by atoms with E-state index < -0.39 is 0 Å². The molecule has 2 fully saturated rings. The minimum atomic E-state index is -0.114. The Morgan fingerprint density at radius 1 is 0.697 bits per heavy atom. The first kappa shape index (κ1) is 23.6. The fraction of sp³-hybridized carbons (Fsp3) is 0.520. The van der Waals surface area contributed by atoms with E-state index in [9.17, 15) is 10.2 Å². The van der Waals surface area contributed by atoms with Gasteiger partial charge in [-0.3, -0.25) is 0 Å². The summed E-state index contributed by atoms with van der Waals surface area (Å²) in [5, 5.41) is 20.4. The molecule has 2 aromatic carbocycles. The highest BCUT2D eigenvalue weighted by atomic mass is 16.5. The van der Waals surface area contributed by atoms with Gasteiger partial charge in [0, 0.05) is 61.7 Å². The van der Waals surface area contributed by atoms with E-state index in [0.717, 1.165) is 71.3 Å². The van der Waals surface area contributed by atoms with Gasteiger partial charge in [-0.05, 0) is 28.8 Å². The summed E-state index contributed by atoms with van der Waals surface area (Å²) >= 11 is 0. The maximum atomic E-state index is 10.2. The van der Waals surface area contributed by atoms with Crippen LogP contribution in [0.2, 0.25) is 0 Å². The number of ether oxygens (including phenoxy) is 4. The van der Waals surface area contributed by atoms with Gasteiger partial charge < -0.3 is 39.0 Å². The predicted molar refractivity (Wildman–Crippen MR) is 127 cm³/mol. The molecule has 180 valence electrons. The van der Waals surface area contributed by atoms with Gasteiger partial charge in [0.15, 0.2) is 0 Å². The summed E-state index contributed by atoms with van der Waals surface area (Å²) < 4.78 is 22.5. The van der Waals surface area contributed by atoms with Gasteiger partial charge in [-0.1, -0.05) is 0 Å². The Labute approximate surface area is 195 Å². The summed E-state index contributed by atoms with van der Waals surface area (Å²) in [7, 11) is 3.31. The Balaban J connectivity index is 1.71. The quantitative estimate of drug-likeness (QED) is 0.621. The highest BCUT2D eigenvalue weighted by molar-refractivity contribution is 5.63. The van der Waals surface area contributed by atoms with Crippen molar-refractivity contribution in [2.45, 2.75) is 19.6 Å². The monoisotopic (exact) mass is 458 g/mol. The molecule has 0 radical (unpaired) electrons. The molecule has 2 N–H and O–H groups in total.